The van der Waals surface area contributed by atoms with Crippen LogP contribution in [0.15, 0.2) is 86.6 Å². The van der Waals surface area contributed by atoms with Crippen molar-refractivity contribution in [3.05, 3.63) is 105 Å². The van der Waals surface area contributed by atoms with Crippen LogP contribution in [0, 0.1) is 13.8 Å². The number of nitrogens with one attached hydrogen (secondary N) is 1. The number of ether oxygens (including phenoxy) is 2. The number of anilines is 1. The summed E-state index contributed by atoms with van der Waals surface area (Å²) >= 11 is 3.55. The number of sulfonamides is 1. The Kier molecular flexibility index (Phi) is 7.23. The van der Waals surface area contributed by atoms with Gasteiger partial charge in [0, 0.05) is 10.5 Å². The predicted octanol–water partition coefficient (Wildman–Crippen LogP) is 6.66. The van der Waals surface area contributed by atoms with E-state index in [0.717, 1.165) is 21.4 Å². The van der Waals surface area contributed by atoms with Crippen LogP contribution in [0.5, 0.6) is 11.5 Å². The third-order valence-electron chi connectivity index (χ3n) is 5.67. The smallest absolute Gasteiger partial charge is 0.261 e. The first-order chi connectivity index (χ1) is 16.7. The molecule has 0 saturated heterocycles. The number of rotatable bonds is 8. The number of hydrogen-bond donors (Lipinski definition) is 1. The minimum atomic E-state index is -3.88. The Bertz CT molecular complexity index is 1440. The Hall–Kier alpha value is -3.23. The van der Waals surface area contributed by atoms with Crippen LogP contribution in [0.25, 0.3) is 0 Å². The second-order valence-corrected chi connectivity index (χ2v) is 10.7. The van der Waals surface area contributed by atoms with E-state index in [1.165, 1.54) is 7.11 Å². The minimum absolute atomic E-state index is 0.164. The fourth-order valence-corrected chi connectivity index (χ4v) is 5.43. The Balaban J connectivity index is 1.94. The lowest BCUT2D eigenvalue weighted by Gasteiger charge is -2.23. The standard InChI is InChI=1S/C27H26BrNO5S/c1-17-8-11-21(12-9-17)35(30,31)29-23-16-26(33-4)25(32-3)15-22(23)27(24-13-10-18(2)34-24)19-6-5-7-20(28)14-19/h5-16,27,29H,1-4H3/t27-/m0/s1. The number of methoxy groups -OCH3 is 2. The lowest BCUT2D eigenvalue weighted by molar-refractivity contribution is 0.354. The zero-order chi connectivity index (χ0) is 25.2. The van der Waals surface area contributed by atoms with Crippen molar-refractivity contribution in [1.82, 2.24) is 0 Å². The summed E-state index contributed by atoms with van der Waals surface area (Å²) in [6.45, 7) is 3.78. The van der Waals surface area contributed by atoms with E-state index in [0.29, 0.717) is 28.5 Å². The van der Waals surface area contributed by atoms with Crippen molar-refractivity contribution >= 4 is 31.6 Å². The first-order valence-electron chi connectivity index (χ1n) is 10.9. The molecule has 0 radical (unpaired) electrons. The molecule has 182 valence electrons. The molecular formula is C27H26BrNO5S. The van der Waals surface area contributed by atoms with E-state index < -0.39 is 15.9 Å². The molecule has 4 aromatic rings. The molecule has 0 aliphatic heterocycles. The molecule has 8 heteroatoms. The highest BCUT2D eigenvalue weighted by atomic mass is 79.9. The minimum Gasteiger partial charge on any atom is -0.493 e. The highest BCUT2D eigenvalue weighted by Gasteiger charge is 2.27. The topological polar surface area (TPSA) is 77.8 Å². The summed E-state index contributed by atoms with van der Waals surface area (Å²) in [7, 11) is -0.828. The van der Waals surface area contributed by atoms with Crippen molar-refractivity contribution < 1.29 is 22.3 Å². The van der Waals surface area contributed by atoms with Gasteiger partial charge in [-0.1, -0.05) is 45.8 Å². The van der Waals surface area contributed by atoms with E-state index in [1.54, 1.807) is 43.5 Å². The SMILES string of the molecule is COc1cc(NS(=O)(=O)c2ccc(C)cc2)c([C@H](c2cccc(Br)c2)c2ccc(C)o2)cc1OC. The fourth-order valence-electron chi connectivity index (χ4n) is 3.93. The second kappa shape index (κ2) is 10.2. The van der Waals surface area contributed by atoms with Crippen molar-refractivity contribution in [2.24, 2.45) is 0 Å². The predicted molar refractivity (Wildman–Crippen MR) is 140 cm³/mol. The molecule has 6 nitrogen and oxygen atoms in total. The van der Waals surface area contributed by atoms with Gasteiger partial charge >= 0.3 is 0 Å². The molecule has 1 heterocycles. The maximum absolute atomic E-state index is 13.4. The Morgan fingerprint density at radius 1 is 0.886 bits per heavy atom. The molecule has 0 bridgehead atoms. The molecule has 0 aliphatic rings. The van der Waals surface area contributed by atoms with E-state index in [4.69, 9.17) is 13.9 Å². The highest BCUT2D eigenvalue weighted by molar-refractivity contribution is 9.10. The van der Waals surface area contributed by atoms with Crippen LogP contribution in [0.3, 0.4) is 0 Å². The Labute approximate surface area is 214 Å². The second-order valence-electron chi connectivity index (χ2n) is 8.15. The van der Waals surface area contributed by atoms with E-state index in [9.17, 15) is 8.42 Å². The third kappa shape index (κ3) is 5.39. The molecule has 0 amide bonds. The number of benzene rings is 3. The molecule has 0 aliphatic carbocycles. The molecule has 1 atom stereocenters. The van der Waals surface area contributed by atoms with Gasteiger partial charge in [0.25, 0.3) is 10.0 Å². The van der Waals surface area contributed by atoms with Gasteiger partial charge in [-0.25, -0.2) is 8.42 Å². The lowest BCUT2D eigenvalue weighted by atomic mass is 9.88. The molecule has 0 fully saturated rings. The van der Waals surface area contributed by atoms with E-state index >= 15 is 0 Å². The largest absolute Gasteiger partial charge is 0.493 e. The van der Waals surface area contributed by atoms with Gasteiger partial charge in [0.2, 0.25) is 0 Å². The van der Waals surface area contributed by atoms with Crippen LogP contribution in [-0.2, 0) is 10.0 Å². The highest BCUT2D eigenvalue weighted by Crippen LogP contribution is 2.43. The lowest BCUT2D eigenvalue weighted by Crippen LogP contribution is -2.16. The monoisotopic (exact) mass is 555 g/mol. The molecule has 3 aromatic carbocycles. The number of furan rings is 1. The molecule has 0 unspecified atom stereocenters. The maximum Gasteiger partial charge on any atom is 0.261 e. The molecular weight excluding hydrogens is 530 g/mol. The van der Waals surface area contributed by atoms with Crippen molar-refractivity contribution in [3.8, 4) is 11.5 Å². The number of aryl methyl sites for hydroxylation is 2. The number of halogens is 1. The molecule has 35 heavy (non-hydrogen) atoms. The van der Waals surface area contributed by atoms with Gasteiger partial charge in [0.15, 0.2) is 11.5 Å². The summed E-state index contributed by atoms with van der Waals surface area (Å²) in [6, 6.07) is 21.7. The molecule has 4 rings (SSSR count). The quantitative estimate of drug-likeness (QED) is 0.263. The third-order valence-corrected chi connectivity index (χ3v) is 7.54. The van der Waals surface area contributed by atoms with Crippen molar-refractivity contribution in [1.29, 1.82) is 0 Å². The van der Waals surface area contributed by atoms with Crippen LogP contribution in [0.4, 0.5) is 5.69 Å². The van der Waals surface area contributed by atoms with Gasteiger partial charge in [-0.3, -0.25) is 4.72 Å². The fraction of sp³-hybridized carbons (Fsp3) is 0.185. The normalized spacial score (nSPS) is 12.3. The summed E-state index contributed by atoms with van der Waals surface area (Å²) in [5, 5.41) is 0. The van der Waals surface area contributed by atoms with Crippen molar-refractivity contribution in [3.63, 3.8) is 0 Å². The average Bonchev–Trinajstić information content (AvgIpc) is 3.25. The first-order valence-corrected chi connectivity index (χ1v) is 13.2. The van der Waals surface area contributed by atoms with Gasteiger partial charge in [0.1, 0.15) is 11.5 Å². The molecule has 1 aromatic heterocycles. The molecule has 1 N–H and O–H groups in total. The number of hydrogen-bond acceptors (Lipinski definition) is 5. The van der Waals surface area contributed by atoms with Crippen molar-refractivity contribution in [2.75, 3.05) is 18.9 Å². The zero-order valence-corrected chi connectivity index (χ0v) is 22.2. The average molecular weight is 556 g/mol. The van der Waals surface area contributed by atoms with Gasteiger partial charge in [-0.2, -0.15) is 0 Å². The summed E-state index contributed by atoms with van der Waals surface area (Å²) in [5.41, 5.74) is 2.91. The van der Waals surface area contributed by atoms with E-state index in [1.807, 2.05) is 50.2 Å². The van der Waals surface area contributed by atoms with Crippen LogP contribution >= 0.6 is 15.9 Å². The van der Waals surface area contributed by atoms with Crippen molar-refractivity contribution in [2.45, 2.75) is 24.7 Å². The molecule has 0 saturated carbocycles. The van der Waals surface area contributed by atoms with E-state index in [2.05, 4.69) is 20.7 Å². The summed E-state index contributed by atoms with van der Waals surface area (Å²) in [5.74, 6) is 1.88. The van der Waals surface area contributed by atoms with Gasteiger partial charge in [0.05, 0.1) is 30.7 Å². The summed E-state index contributed by atoms with van der Waals surface area (Å²) in [6.07, 6.45) is 0. The zero-order valence-electron chi connectivity index (χ0n) is 19.8. The van der Waals surface area contributed by atoms with Crippen LogP contribution in [0.1, 0.15) is 34.1 Å². The van der Waals surface area contributed by atoms with Crippen LogP contribution < -0.4 is 14.2 Å². The first kappa shape index (κ1) is 24.9. The summed E-state index contributed by atoms with van der Waals surface area (Å²) in [4.78, 5) is 0.164. The van der Waals surface area contributed by atoms with E-state index in [-0.39, 0.29) is 4.90 Å². The molecule has 0 spiro atoms. The van der Waals surface area contributed by atoms with Gasteiger partial charge in [-0.15, -0.1) is 0 Å². The van der Waals surface area contributed by atoms with Crippen LogP contribution in [0.2, 0.25) is 0 Å². The maximum atomic E-state index is 13.4. The van der Waals surface area contributed by atoms with Gasteiger partial charge < -0.3 is 13.9 Å². The van der Waals surface area contributed by atoms with Gasteiger partial charge in [-0.05, 0) is 67.4 Å². The summed E-state index contributed by atoms with van der Waals surface area (Å²) < 4.78 is 47.5. The Morgan fingerprint density at radius 3 is 2.17 bits per heavy atom. The Morgan fingerprint density at radius 2 is 1.57 bits per heavy atom. The van der Waals surface area contributed by atoms with Crippen LogP contribution in [-0.4, -0.2) is 22.6 Å².